The summed E-state index contributed by atoms with van der Waals surface area (Å²) in [7, 11) is 1.61. The predicted octanol–water partition coefficient (Wildman–Crippen LogP) is 2.20. The first kappa shape index (κ1) is 17.3. The number of hydrogen-bond acceptors (Lipinski definition) is 4. The molecule has 2 aliphatic heterocycles. The van der Waals surface area contributed by atoms with Gasteiger partial charge in [0.05, 0.1) is 5.41 Å². The SMILES string of the molecule is CNC(=O)c1cccc(N2CCC3(CCCN(C4CCCC4)C3=O)C2)n1. The molecule has 1 unspecified atom stereocenters. The summed E-state index contributed by atoms with van der Waals surface area (Å²) >= 11 is 0. The molecule has 3 heterocycles. The molecule has 1 aliphatic carbocycles. The second kappa shape index (κ2) is 6.89. The van der Waals surface area contributed by atoms with Gasteiger partial charge in [-0.3, -0.25) is 9.59 Å². The molecule has 0 aromatic carbocycles. The molecule has 2 saturated heterocycles. The Bertz CT molecular complexity index is 701. The van der Waals surface area contributed by atoms with Crippen LogP contribution < -0.4 is 10.2 Å². The minimum Gasteiger partial charge on any atom is -0.355 e. The molecule has 1 N–H and O–H groups in total. The molecule has 4 rings (SSSR count). The van der Waals surface area contributed by atoms with E-state index in [-0.39, 0.29) is 11.3 Å². The van der Waals surface area contributed by atoms with Crippen molar-refractivity contribution in [3.63, 3.8) is 0 Å². The van der Waals surface area contributed by atoms with Gasteiger partial charge in [0.15, 0.2) is 0 Å². The Morgan fingerprint density at radius 3 is 2.77 bits per heavy atom. The summed E-state index contributed by atoms with van der Waals surface area (Å²) in [6.45, 7) is 2.48. The van der Waals surface area contributed by atoms with Crippen molar-refractivity contribution in [2.45, 2.75) is 51.0 Å². The fraction of sp³-hybridized carbons (Fsp3) is 0.650. The van der Waals surface area contributed by atoms with E-state index in [1.54, 1.807) is 13.1 Å². The van der Waals surface area contributed by atoms with Gasteiger partial charge in [0.2, 0.25) is 5.91 Å². The van der Waals surface area contributed by atoms with Crippen LogP contribution in [0.25, 0.3) is 0 Å². The molecule has 1 aromatic rings. The summed E-state index contributed by atoms with van der Waals surface area (Å²) in [6, 6.07) is 5.99. The number of hydrogen-bond donors (Lipinski definition) is 1. The number of anilines is 1. The van der Waals surface area contributed by atoms with Crippen LogP contribution in [0.5, 0.6) is 0 Å². The number of amides is 2. The van der Waals surface area contributed by atoms with E-state index in [0.29, 0.717) is 17.6 Å². The average molecular weight is 356 g/mol. The standard InChI is InChI=1S/C20H28N4O2/c1-21-18(25)16-8-4-9-17(22-16)23-13-11-20(14-23)10-5-12-24(19(20)26)15-6-2-3-7-15/h4,8-9,15H,2-3,5-7,10-14H2,1H3,(H,21,25). The zero-order chi connectivity index (χ0) is 18.1. The van der Waals surface area contributed by atoms with Crippen molar-refractivity contribution in [3.05, 3.63) is 23.9 Å². The summed E-state index contributed by atoms with van der Waals surface area (Å²) < 4.78 is 0. The fourth-order valence-electron chi connectivity index (χ4n) is 4.97. The molecule has 0 bridgehead atoms. The molecule has 1 spiro atoms. The smallest absolute Gasteiger partial charge is 0.269 e. The van der Waals surface area contributed by atoms with Crippen LogP contribution in [-0.2, 0) is 4.79 Å². The van der Waals surface area contributed by atoms with E-state index in [1.807, 2.05) is 12.1 Å². The maximum absolute atomic E-state index is 13.3. The Morgan fingerprint density at radius 2 is 2.00 bits per heavy atom. The number of piperidine rings is 1. The molecule has 140 valence electrons. The summed E-state index contributed by atoms with van der Waals surface area (Å²) in [5.74, 6) is 0.983. The van der Waals surface area contributed by atoms with Crippen LogP contribution in [0, 0.1) is 5.41 Å². The van der Waals surface area contributed by atoms with E-state index in [4.69, 9.17) is 0 Å². The number of carbonyl (C=O) groups is 2. The molecular weight excluding hydrogens is 328 g/mol. The van der Waals surface area contributed by atoms with Gasteiger partial charge in [0.25, 0.3) is 5.91 Å². The molecular formula is C20H28N4O2. The molecule has 2 amide bonds. The highest BCUT2D eigenvalue weighted by Crippen LogP contribution is 2.43. The molecule has 6 nitrogen and oxygen atoms in total. The van der Waals surface area contributed by atoms with Crippen molar-refractivity contribution in [2.75, 3.05) is 31.6 Å². The van der Waals surface area contributed by atoms with Crippen LogP contribution in [-0.4, -0.2) is 54.4 Å². The summed E-state index contributed by atoms with van der Waals surface area (Å²) in [5, 5.41) is 2.62. The molecule has 1 saturated carbocycles. The molecule has 1 atom stereocenters. The highest BCUT2D eigenvalue weighted by Gasteiger charge is 2.50. The van der Waals surface area contributed by atoms with E-state index in [9.17, 15) is 9.59 Å². The molecule has 3 aliphatic rings. The highest BCUT2D eigenvalue weighted by atomic mass is 16.2. The highest BCUT2D eigenvalue weighted by molar-refractivity contribution is 5.92. The molecule has 1 aromatic heterocycles. The first-order chi connectivity index (χ1) is 12.6. The van der Waals surface area contributed by atoms with Gasteiger partial charge in [-0.05, 0) is 44.2 Å². The number of nitrogens with zero attached hydrogens (tertiary/aromatic N) is 3. The fourth-order valence-corrected chi connectivity index (χ4v) is 4.97. The normalized spacial score (nSPS) is 26.7. The Labute approximate surface area is 155 Å². The van der Waals surface area contributed by atoms with E-state index in [2.05, 4.69) is 20.1 Å². The number of aromatic nitrogens is 1. The van der Waals surface area contributed by atoms with E-state index < -0.39 is 0 Å². The van der Waals surface area contributed by atoms with Gasteiger partial charge in [-0.1, -0.05) is 18.9 Å². The van der Waals surface area contributed by atoms with Crippen LogP contribution in [0.4, 0.5) is 5.82 Å². The largest absolute Gasteiger partial charge is 0.355 e. The summed E-state index contributed by atoms with van der Waals surface area (Å²) in [4.78, 5) is 34.1. The maximum Gasteiger partial charge on any atom is 0.269 e. The number of likely N-dealkylation sites (tertiary alicyclic amines) is 1. The third-order valence-corrected chi connectivity index (χ3v) is 6.41. The number of carbonyl (C=O) groups excluding carboxylic acids is 2. The zero-order valence-electron chi connectivity index (χ0n) is 15.5. The number of rotatable bonds is 3. The molecule has 3 fully saturated rings. The van der Waals surface area contributed by atoms with Gasteiger partial charge in [-0.25, -0.2) is 4.98 Å². The molecule has 6 heteroatoms. The van der Waals surface area contributed by atoms with Crippen LogP contribution in [0.15, 0.2) is 18.2 Å². The van der Waals surface area contributed by atoms with Crippen molar-refractivity contribution in [2.24, 2.45) is 5.41 Å². The van der Waals surface area contributed by atoms with Crippen LogP contribution in [0.1, 0.15) is 55.4 Å². The quantitative estimate of drug-likeness (QED) is 0.902. The van der Waals surface area contributed by atoms with Crippen molar-refractivity contribution in [1.82, 2.24) is 15.2 Å². The lowest BCUT2D eigenvalue weighted by Gasteiger charge is -2.42. The van der Waals surface area contributed by atoms with Crippen LogP contribution in [0.3, 0.4) is 0 Å². The zero-order valence-corrected chi connectivity index (χ0v) is 15.5. The minimum atomic E-state index is -0.258. The van der Waals surface area contributed by atoms with Crippen molar-refractivity contribution < 1.29 is 9.59 Å². The van der Waals surface area contributed by atoms with Gasteiger partial charge >= 0.3 is 0 Å². The van der Waals surface area contributed by atoms with Crippen molar-refractivity contribution in [3.8, 4) is 0 Å². The van der Waals surface area contributed by atoms with E-state index >= 15 is 0 Å². The lowest BCUT2D eigenvalue weighted by Crippen LogP contribution is -2.53. The average Bonchev–Trinajstić information content (AvgIpc) is 3.34. The second-order valence-electron chi connectivity index (χ2n) is 7.95. The lowest BCUT2D eigenvalue weighted by molar-refractivity contribution is -0.147. The summed E-state index contributed by atoms with van der Waals surface area (Å²) in [5.41, 5.74) is 0.166. The first-order valence-corrected chi connectivity index (χ1v) is 9.88. The van der Waals surface area contributed by atoms with E-state index in [0.717, 1.165) is 44.7 Å². The summed E-state index contributed by atoms with van der Waals surface area (Å²) in [6.07, 6.45) is 7.81. The van der Waals surface area contributed by atoms with Crippen molar-refractivity contribution in [1.29, 1.82) is 0 Å². The topological polar surface area (TPSA) is 65.5 Å². The first-order valence-electron chi connectivity index (χ1n) is 9.88. The number of pyridine rings is 1. The van der Waals surface area contributed by atoms with Gasteiger partial charge in [0.1, 0.15) is 11.5 Å². The van der Waals surface area contributed by atoms with Gasteiger partial charge in [-0.15, -0.1) is 0 Å². The van der Waals surface area contributed by atoms with Crippen molar-refractivity contribution >= 4 is 17.6 Å². The Kier molecular flexibility index (Phi) is 4.59. The second-order valence-corrected chi connectivity index (χ2v) is 7.95. The minimum absolute atomic E-state index is 0.179. The van der Waals surface area contributed by atoms with Gasteiger partial charge in [-0.2, -0.15) is 0 Å². The van der Waals surface area contributed by atoms with E-state index in [1.165, 1.54) is 25.7 Å². The maximum atomic E-state index is 13.3. The Morgan fingerprint density at radius 1 is 1.19 bits per heavy atom. The Balaban J connectivity index is 1.52. The molecule has 26 heavy (non-hydrogen) atoms. The lowest BCUT2D eigenvalue weighted by atomic mass is 9.77. The third kappa shape index (κ3) is 2.95. The monoisotopic (exact) mass is 356 g/mol. The van der Waals surface area contributed by atoms with Gasteiger partial charge < -0.3 is 15.1 Å². The number of nitrogens with one attached hydrogen (secondary N) is 1. The van der Waals surface area contributed by atoms with Crippen LogP contribution >= 0.6 is 0 Å². The molecule has 0 radical (unpaired) electrons. The third-order valence-electron chi connectivity index (χ3n) is 6.41. The predicted molar refractivity (Wildman–Crippen MR) is 100 cm³/mol. The Hall–Kier alpha value is -2.11. The van der Waals surface area contributed by atoms with Crippen LogP contribution in [0.2, 0.25) is 0 Å². The van der Waals surface area contributed by atoms with Gasteiger partial charge in [0, 0.05) is 32.7 Å².